The lowest BCUT2D eigenvalue weighted by molar-refractivity contribution is -0.121. The van der Waals surface area contributed by atoms with Crippen LogP contribution < -0.4 is 10.1 Å². The topological polar surface area (TPSA) is 56.1 Å². The largest absolute Gasteiger partial charge is 0.493 e. The highest BCUT2D eigenvalue weighted by atomic mass is 16.5. The molecule has 1 N–H and O–H groups in total. The zero-order chi connectivity index (χ0) is 18.2. The van der Waals surface area contributed by atoms with Crippen molar-refractivity contribution in [2.24, 2.45) is 0 Å². The van der Waals surface area contributed by atoms with E-state index in [0.29, 0.717) is 26.0 Å². The van der Waals surface area contributed by atoms with Crippen LogP contribution in [0.1, 0.15) is 24.0 Å². The van der Waals surface area contributed by atoms with E-state index in [1.165, 1.54) is 0 Å². The first-order valence-electron chi connectivity index (χ1n) is 8.76. The van der Waals surface area contributed by atoms with Crippen LogP contribution in [-0.4, -0.2) is 22.3 Å². The maximum atomic E-state index is 12.0. The molecule has 0 spiro atoms. The third-order valence-electron chi connectivity index (χ3n) is 4.05. The van der Waals surface area contributed by atoms with E-state index in [9.17, 15) is 4.79 Å². The Kier molecular flexibility index (Phi) is 6.04. The number of ether oxygens (including phenoxy) is 1. The fraction of sp³-hybridized carbons (Fsp3) is 0.238. The number of rotatable bonds is 8. The van der Waals surface area contributed by atoms with Crippen LogP contribution in [-0.2, 0) is 11.3 Å². The second kappa shape index (κ2) is 8.85. The molecule has 3 rings (SSSR count). The number of para-hydroxylation sites is 2. The molecule has 26 heavy (non-hydrogen) atoms. The van der Waals surface area contributed by atoms with E-state index in [1.54, 1.807) is 10.9 Å². The average molecular weight is 349 g/mol. The van der Waals surface area contributed by atoms with Crippen molar-refractivity contribution in [2.45, 2.75) is 26.3 Å². The molecule has 0 fully saturated rings. The number of amides is 1. The average Bonchev–Trinajstić information content (AvgIpc) is 3.15. The van der Waals surface area contributed by atoms with Crippen LogP contribution in [0.15, 0.2) is 67.0 Å². The lowest BCUT2D eigenvalue weighted by Gasteiger charge is -2.08. The van der Waals surface area contributed by atoms with E-state index < -0.39 is 0 Å². The van der Waals surface area contributed by atoms with Gasteiger partial charge in [-0.15, -0.1) is 0 Å². The fourth-order valence-electron chi connectivity index (χ4n) is 2.60. The maximum Gasteiger partial charge on any atom is 0.220 e. The van der Waals surface area contributed by atoms with Gasteiger partial charge in [0, 0.05) is 24.7 Å². The molecule has 134 valence electrons. The molecule has 0 bridgehead atoms. The fourth-order valence-corrected chi connectivity index (χ4v) is 2.60. The lowest BCUT2D eigenvalue weighted by atomic mass is 10.2. The van der Waals surface area contributed by atoms with Gasteiger partial charge in [-0.25, -0.2) is 4.68 Å². The van der Waals surface area contributed by atoms with Crippen LogP contribution in [0.3, 0.4) is 0 Å². The van der Waals surface area contributed by atoms with Crippen molar-refractivity contribution in [3.8, 4) is 11.4 Å². The standard InChI is InChI=1S/C21H23N3O2/c1-17-8-5-6-11-20(17)26-13-7-12-21(25)22-14-18-15-23-24(16-18)19-9-3-2-4-10-19/h2-6,8-11,15-16H,7,12-14H2,1H3,(H,22,25). The van der Waals surface area contributed by atoms with E-state index in [0.717, 1.165) is 22.6 Å². The number of benzene rings is 2. The molecule has 0 atom stereocenters. The number of carbonyl (C=O) groups excluding carboxylic acids is 1. The van der Waals surface area contributed by atoms with E-state index in [-0.39, 0.29) is 5.91 Å². The molecule has 5 nitrogen and oxygen atoms in total. The summed E-state index contributed by atoms with van der Waals surface area (Å²) in [6, 6.07) is 17.8. The first-order chi connectivity index (χ1) is 12.7. The van der Waals surface area contributed by atoms with Crippen LogP contribution in [0.25, 0.3) is 5.69 Å². The smallest absolute Gasteiger partial charge is 0.220 e. The van der Waals surface area contributed by atoms with Gasteiger partial charge in [-0.3, -0.25) is 4.79 Å². The van der Waals surface area contributed by atoms with Gasteiger partial charge in [-0.1, -0.05) is 36.4 Å². The Morgan fingerprint density at radius 1 is 1.12 bits per heavy atom. The van der Waals surface area contributed by atoms with Gasteiger partial charge in [0.25, 0.3) is 0 Å². The minimum Gasteiger partial charge on any atom is -0.493 e. The summed E-state index contributed by atoms with van der Waals surface area (Å²) in [7, 11) is 0. The Morgan fingerprint density at radius 3 is 2.69 bits per heavy atom. The molecule has 3 aromatic rings. The SMILES string of the molecule is Cc1ccccc1OCCCC(=O)NCc1cnn(-c2ccccc2)c1. The van der Waals surface area contributed by atoms with Crippen LogP contribution >= 0.6 is 0 Å². The highest BCUT2D eigenvalue weighted by Crippen LogP contribution is 2.16. The van der Waals surface area contributed by atoms with Crippen molar-refractivity contribution in [1.82, 2.24) is 15.1 Å². The van der Waals surface area contributed by atoms with Crippen molar-refractivity contribution in [2.75, 3.05) is 6.61 Å². The minimum absolute atomic E-state index is 0.0193. The van der Waals surface area contributed by atoms with Crippen LogP contribution in [0.2, 0.25) is 0 Å². The Balaban J connectivity index is 1.38. The highest BCUT2D eigenvalue weighted by Gasteiger charge is 2.05. The molecule has 1 heterocycles. The van der Waals surface area contributed by atoms with Gasteiger partial charge < -0.3 is 10.1 Å². The molecule has 0 aliphatic rings. The first kappa shape index (κ1) is 17.7. The summed E-state index contributed by atoms with van der Waals surface area (Å²) in [6.07, 6.45) is 4.83. The van der Waals surface area contributed by atoms with E-state index in [4.69, 9.17) is 4.74 Å². The molecule has 1 aromatic heterocycles. The van der Waals surface area contributed by atoms with Gasteiger partial charge >= 0.3 is 0 Å². The number of aromatic nitrogens is 2. The summed E-state index contributed by atoms with van der Waals surface area (Å²) in [5.74, 6) is 0.895. The quantitative estimate of drug-likeness (QED) is 0.632. The molecule has 0 aliphatic heterocycles. The Labute approximate surface area is 153 Å². The number of hydrogen-bond acceptors (Lipinski definition) is 3. The summed E-state index contributed by atoms with van der Waals surface area (Å²) in [6.45, 7) is 3.02. The van der Waals surface area contributed by atoms with Crippen LogP contribution in [0, 0.1) is 6.92 Å². The summed E-state index contributed by atoms with van der Waals surface area (Å²) in [5.41, 5.74) is 3.07. The Hall–Kier alpha value is -3.08. The van der Waals surface area contributed by atoms with Gasteiger partial charge in [0.2, 0.25) is 5.91 Å². The van der Waals surface area contributed by atoms with E-state index >= 15 is 0 Å². The van der Waals surface area contributed by atoms with Crippen molar-refractivity contribution < 1.29 is 9.53 Å². The van der Waals surface area contributed by atoms with Gasteiger partial charge in [0.15, 0.2) is 0 Å². The van der Waals surface area contributed by atoms with Crippen molar-refractivity contribution >= 4 is 5.91 Å². The molecule has 0 saturated heterocycles. The summed E-state index contributed by atoms with van der Waals surface area (Å²) in [4.78, 5) is 12.0. The highest BCUT2D eigenvalue weighted by molar-refractivity contribution is 5.75. The van der Waals surface area contributed by atoms with Gasteiger partial charge in [-0.2, -0.15) is 5.10 Å². The zero-order valence-electron chi connectivity index (χ0n) is 14.9. The summed E-state index contributed by atoms with van der Waals surface area (Å²) in [5, 5.41) is 7.25. The van der Waals surface area contributed by atoms with Gasteiger partial charge in [0.05, 0.1) is 18.5 Å². The third kappa shape index (κ3) is 4.96. The molecule has 0 saturated carbocycles. The van der Waals surface area contributed by atoms with Crippen LogP contribution in [0.5, 0.6) is 5.75 Å². The number of aryl methyl sites for hydroxylation is 1. The molecule has 0 aliphatic carbocycles. The predicted molar refractivity (Wildman–Crippen MR) is 101 cm³/mol. The zero-order valence-corrected chi connectivity index (χ0v) is 14.9. The van der Waals surface area contributed by atoms with Crippen molar-refractivity contribution in [1.29, 1.82) is 0 Å². The monoisotopic (exact) mass is 349 g/mol. The molecule has 0 unspecified atom stereocenters. The minimum atomic E-state index is 0.0193. The molecule has 0 radical (unpaired) electrons. The van der Waals surface area contributed by atoms with E-state index in [1.807, 2.05) is 67.7 Å². The molecular formula is C21H23N3O2. The molecule has 5 heteroatoms. The second-order valence-corrected chi connectivity index (χ2v) is 6.12. The maximum absolute atomic E-state index is 12.0. The van der Waals surface area contributed by atoms with Crippen molar-refractivity contribution in [3.05, 3.63) is 78.1 Å². The van der Waals surface area contributed by atoms with Gasteiger partial charge in [0.1, 0.15) is 5.75 Å². The molecule has 2 aromatic carbocycles. The van der Waals surface area contributed by atoms with Gasteiger partial charge in [-0.05, 0) is 37.1 Å². The Bertz CT molecular complexity index is 843. The lowest BCUT2D eigenvalue weighted by Crippen LogP contribution is -2.22. The second-order valence-electron chi connectivity index (χ2n) is 6.12. The first-order valence-corrected chi connectivity index (χ1v) is 8.76. The van der Waals surface area contributed by atoms with E-state index in [2.05, 4.69) is 10.4 Å². The molecular weight excluding hydrogens is 326 g/mol. The number of nitrogens with one attached hydrogen (secondary N) is 1. The Morgan fingerprint density at radius 2 is 1.88 bits per heavy atom. The predicted octanol–water partition coefficient (Wildman–Crippen LogP) is 3.66. The summed E-state index contributed by atoms with van der Waals surface area (Å²) < 4.78 is 7.51. The third-order valence-corrected chi connectivity index (χ3v) is 4.05. The van der Waals surface area contributed by atoms with Crippen LogP contribution in [0.4, 0.5) is 0 Å². The normalized spacial score (nSPS) is 10.5. The number of hydrogen-bond donors (Lipinski definition) is 1. The molecule has 1 amide bonds. The number of nitrogens with zero attached hydrogens (tertiary/aromatic N) is 2. The van der Waals surface area contributed by atoms with Crippen molar-refractivity contribution in [3.63, 3.8) is 0 Å². The summed E-state index contributed by atoms with van der Waals surface area (Å²) >= 11 is 0. The number of carbonyl (C=O) groups is 1.